The molecule has 0 aliphatic carbocycles. The van der Waals surface area contributed by atoms with E-state index in [1.807, 2.05) is 0 Å². The van der Waals surface area contributed by atoms with Crippen LogP contribution in [-0.2, 0) is 0 Å². The van der Waals surface area contributed by atoms with Gasteiger partial charge in [-0.2, -0.15) is 0 Å². The highest BCUT2D eigenvalue weighted by atomic mass is 19.2. The molecule has 12 heteroatoms. The molecule has 0 saturated heterocycles. The Morgan fingerprint density at radius 3 is 1.18 bits per heavy atom. The van der Waals surface area contributed by atoms with Crippen molar-refractivity contribution in [1.82, 2.24) is 0 Å². The third-order valence-electron chi connectivity index (χ3n) is 2.38. The van der Waals surface area contributed by atoms with E-state index in [4.69, 9.17) is 20.8 Å². The van der Waals surface area contributed by atoms with Crippen LogP contribution in [0.2, 0.25) is 0 Å². The van der Waals surface area contributed by atoms with Gasteiger partial charge in [0, 0.05) is 0 Å². The Hall–Kier alpha value is -2.05. The fourth-order valence-corrected chi connectivity index (χ4v) is 1.52. The van der Waals surface area contributed by atoms with Crippen molar-refractivity contribution in [3.63, 3.8) is 0 Å². The van der Waals surface area contributed by atoms with Crippen molar-refractivity contribution in [3.05, 3.63) is 40.7 Å². The number of hydrogen-bond donors (Lipinski definition) is 4. The molecule has 0 unspecified atom stereocenters. The minimum atomic E-state index is -2.34. The molecule has 0 atom stereocenters. The summed E-state index contributed by atoms with van der Waals surface area (Å²) in [5.74, 6) is -15.3. The maximum absolute atomic E-state index is 13.3. The summed E-state index contributed by atoms with van der Waals surface area (Å²) >= 11 is 0. The number of rotatable bonds is 0. The lowest BCUT2D eigenvalue weighted by molar-refractivity contribution is 0.278. The average Bonchev–Trinajstić information content (AvgIpc) is 2.43. The Balaban J connectivity index is 0.000000541. The van der Waals surface area contributed by atoms with Crippen LogP contribution in [0.15, 0.2) is 0 Å². The number of nitrogens with two attached hydrogens (primary N) is 1. The molecule has 0 aromatic heterocycles. The van der Waals surface area contributed by atoms with Gasteiger partial charge in [-0.25, -0.2) is 30.7 Å². The van der Waals surface area contributed by atoms with Crippen LogP contribution in [0.3, 0.4) is 0 Å². The van der Waals surface area contributed by atoms with Gasteiger partial charge in [0.1, 0.15) is 0 Å². The van der Waals surface area contributed by atoms with Gasteiger partial charge in [0.05, 0.1) is 16.5 Å². The van der Waals surface area contributed by atoms with E-state index in [1.54, 1.807) is 0 Å². The first-order chi connectivity index (χ1) is 10.0. The summed E-state index contributed by atoms with van der Waals surface area (Å²) in [5.41, 5.74) is 3.55. The zero-order chi connectivity index (χ0) is 17.4. The van der Waals surface area contributed by atoms with Gasteiger partial charge >= 0.3 is 7.32 Å². The Morgan fingerprint density at radius 2 is 0.818 bits per heavy atom. The van der Waals surface area contributed by atoms with Gasteiger partial charge in [0.15, 0.2) is 40.7 Å². The zero-order valence-corrected chi connectivity index (χ0v) is 10.1. The normalized spacial score (nSPS) is 10.5. The predicted octanol–water partition coefficient (Wildman–Crippen LogP) is 1.34. The molecule has 0 fully saturated rings. The van der Waals surface area contributed by atoms with Crippen LogP contribution in [0.25, 0.3) is 10.8 Å². The maximum Gasteiger partial charge on any atom is 0.631 e. The summed E-state index contributed by atoms with van der Waals surface area (Å²) in [7, 11) is -2.17. The minimum absolute atomic E-state index is 1.35. The Bertz CT molecular complexity index is 625. The van der Waals surface area contributed by atoms with Crippen molar-refractivity contribution >= 4 is 23.8 Å². The van der Waals surface area contributed by atoms with Crippen LogP contribution >= 0.6 is 0 Å². The average molecular weight is 331 g/mol. The van der Waals surface area contributed by atoms with E-state index < -0.39 is 64.5 Å². The van der Waals surface area contributed by atoms with Crippen molar-refractivity contribution < 1.29 is 45.8 Å². The molecule has 0 aliphatic heterocycles. The van der Waals surface area contributed by atoms with E-state index in [0.29, 0.717) is 0 Å². The smallest absolute Gasteiger partial charge is 0.402 e. The summed E-state index contributed by atoms with van der Waals surface area (Å²) in [5, 5.41) is 18.5. The fourth-order valence-electron chi connectivity index (χ4n) is 1.52. The van der Waals surface area contributed by atoms with E-state index in [1.165, 1.54) is 0 Å². The molecule has 5 N–H and O–H groups in total. The number of halogens is 7. The molecule has 0 saturated carbocycles. The predicted molar refractivity (Wildman–Crippen MR) is 60.5 cm³/mol. The lowest BCUT2D eigenvalue weighted by Gasteiger charge is -2.10. The molecule has 0 heterocycles. The number of nitrogen functional groups attached to an aromatic ring is 1. The van der Waals surface area contributed by atoms with Crippen LogP contribution in [0.4, 0.5) is 36.4 Å². The van der Waals surface area contributed by atoms with Crippen LogP contribution < -0.4 is 5.73 Å². The van der Waals surface area contributed by atoms with Gasteiger partial charge < -0.3 is 20.8 Å². The topological polar surface area (TPSA) is 86.7 Å². The zero-order valence-electron chi connectivity index (χ0n) is 10.1. The van der Waals surface area contributed by atoms with Crippen LogP contribution in [-0.4, -0.2) is 22.4 Å². The highest BCUT2D eigenvalue weighted by molar-refractivity contribution is 6.30. The van der Waals surface area contributed by atoms with Crippen LogP contribution in [0.1, 0.15) is 0 Å². The lowest BCUT2D eigenvalue weighted by Crippen LogP contribution is -2.07. The van der Waals surface area contributed by atoms with E-state index >= 15 is 0 Å². The van der Waals surface area contributed by atoms with Gasteiger partial charge in [-0.1, -0.05) is 0 Å². The highest BCUT2D eigenvalue weighted by Crippen LogP contribution is 2.35. The molecule has 0 radical (unpaired) electrons. The molecule has 0 bridgehead atoms. The first-order valence-electron chi connectivity index (χ1n) is 5.14. The Morgan fingerprint density at radius 1 is 0.545 bits per heavy atom. The quantitative estimate of drug-likeness (QED) is 0.193. The first kappa shape index (κ1) is 18.0. The summed E-state index contributed by atoms with van der Waals surface area (Å²) in [6, 6.07) is 0. The molecule has 2 aromatic carbocycles. The molecule has 0 spiro atoms. The largest absolute Gasteiger partial charge is 0.631 e. The molecule has 4 nitrogen and oxygen atoms in total. The Kier molecular flexibility index (Phi) is 5.22. The van der Waals surface area contributed by atoms with Crippen LogP contribution in [0.5, 0.6) is 0 Å². The van der Waals surface area contributed by atoms with E-state index in [0.717, 1.165) is 0 Å². The second kappa shape index (κ2) is 6.38. The summed E-state index contributed by atoms with van der Waals surface area (Å²) < 4.78 is 91.4. The van der Waals surface area contributed by atoms with Crippen molar-refractivity contribution in [1.29, 1.82) is 0 Å². The monoisotopic (exact) mass is 331 g/mol. The fraction of sp³-hybridized carbons (Fsp3) is 0. The Labute approximate surface area is 117 Å². The van der Waals surface area contributed by atoms with E-state index in [-0.39, 0.29) is 0 Å². The number of anilines is 1. The SMILES string of the molecule is Nc1c(F)c(F)c(F)c2c(F)c(F)c(F)c(F)c12.OB(O)O. The first-order valence-corrected chi connectivity index (χ1v) is 5.14. The van der Waals surface area contributed by atoms with Gasteiger partial charge in [-0.3, -0.25) is 0 Å². The van der Waals surface area contributed by atoms with Crippen molar-refractivity contribution in [2.24, 2.45) is 0 Å². The molecule has 0 aliphatic rings. The third-order valence-corrected chi connectivity index (χ3v) is 2.38. The summed E-state index contributed by atoms with van der Waals surface area (Å²) in [6.45, 7) is 0. The lowest BCUT2D eigenvalue weighted by atomic mass is 10.1. The molecule has 22 heavy (non-hydrogen) atoms. The number of benzene rings is 2. The van der Waals surface area contributed by atoms with Gasteiger partial charge in [0.25, 0.3) is 0 Å². The molecular weight excluding hydrogens is 326 g/mol. The minimum Gasteiger partial charge on any atom is -0.402 e. The standard InChI is InChI=1S/C10H2F7N.BH3O3/c11-3-1-2(5(13)7(15)6(3)14)10(18)9(17)8(16)4(1)12;2-1(3)4/h18H2;2-4H. The third kappa shape index (κ3) is 2.93. The molecule has 120 valence electrons. The summed E-state index contributed by atoms with van der Waals surface area (Å²) in [4.78, 5) is 0. The van der Waals surface area contributed by atoms with Crippen molar-refractivity contribution in [2.75, 3.05) is 5.73 Å². The molecular formula is C10H5BF7NO3. The van der Waals surface area contributed by atoms with Crippen molar-refractivity contribution in [3.8, 4) is 0 Å². The summed E-state index contributed by atoms with van der Waals surface area (Å²) in [6.07, 6.45) is 0. The second-order valence-corrected chi connectivity index (χ2v) is 3.71. The van der Waals surface area contributed by atoms with Gasteiger partial charge in [-0.05, 0) is 0 Å². The number of fused-ring (bicyclic) bond motifs is 1. The van der Waals surface area contributed by atoms with Crippen molar-refractivity contribution in [2.45, 2.75) is 0 Å². The molecule has 2 aromatic rings. The molecule has 0 amide bonds. The van der Waals surface area contributed by atoms with E-state index in [9.17, 15) is 30.7 Å². The molecule has 2 rings (SSSR count). The van der Waals surface area contributed by atoms with Gasteiger partial charge in [0.2, 0.25) is 0 Å². The number of hydrogen-bond acceptors (Lipinski definition) is 4. The van der Waals surface area contributed by atoms with Gasteiger partial charge in [-0.15, -0.1) is 0 Å². The van der Waals surface area contributed by atoms with Crippen LogP contribution in [0, 0.1) is 40.7 Å². The highest BCUT2D eigenvalue weighted by Gasteiger charge is 2.29. The maximum atomic E-state index is 13.3. The van der Waals surface area contributed by atoms with E-state index in [2.05, 4.69) is 0 Å². The second-order valence-electron chi connectivity index (χ2n) is 3.71.